The van der Waals surface area contributed by atoms with E-state index in [2.05, 4.69) is 0 Å². The van der Waals surface area contributed by atoms with Gasteiger partial charge in [0.2, 0.25) is 5.91 Å². The van der Waals surface area contributed by atoms with Gasteiger partial charge in [0, 0.05) is 30.3 Å². The summed E-state index contributed by atoms with van der Waals surface area (Å²) in [7, 11) is 0. The molecule has 21 heavy (non-hydrogen) atoms. The van der Waals surface area contributed by atoms with Gasteiger partial charge in [-0.2, -0.15) is 0 Å². The summed E-state index contributed by atoms with van der Waals surface area (Å²) in [5.41, 5.74) is 0.726. The van der Waals surface area contributed by atoms with Crippen LogP contribution in [0, 0.1) is 0 Å². The predicted octanol–water partition coefficient (Wildman–Crippen LogP) is 2.55. The molecule has 0 bridgehead atoms. The van der Waals surface area contributed by atoms with E-state index < -0.39 is 6.10 Å². The van der Waals surface area contributed by atoms with Gasteiger partial charge in [0.15, 0.2) is 0 Å². The molecule has 1 unspecified atom stereocenters. The molecular weight excluding hydrogens is 290 g/mol. The first-order valence-electron chi connectivity index (χ1n) is 7.42. The maximum atomic E-state index is 12.4. The fourth-order valence-electron chi connectivity index (χ4n) is 3.28. The summed E-state index contributed by atoms with van der Waals surface area (Å²) >= 11 is 5.83. The maximum absolute atomic E-state index is 12.4. The lowest BCUT2D eigenvalue weighted by atomic mass is 9.77. The number of aliphatic hydroxyl groups excluding tert-OH is 1. The summed E-state index contributed by atoms with van der Waals surface area (Å²) in [5.74, 6) is 0.0330. The summed E-state index contributed by atoms with van der Waals surface area (Å²) in [6.45, 7) is 2.25. The smallest absolute Gasteiger partial charge is 0.225 e. The second kappa shape index (κ2) is 5.95. The second-order valence-corrected chi connectivity index (χ2v) is 6.34. The number of benzene rings is 1. The van der Waals surface area contributed by atoms with Crippen molar-refractivity contribution in [3.8, 4) is 0 Å². The molecule has 1 amide bonds. The molecule has 2 aliphatic rings. The highest BCUT2D eigenvalue weighted by molar-refractivity contribution is 6.30. The quantitative estimate of drug-likeness (QED) is 0.933. The van der Waals surface area contributed by atoms with Crippen molar-refractivity contribution in [1.29, 1.82) is 0 Å². The molecule has 1 aromatic rings. The van der Waals surface area contributed by atoms with E-state index in [1.165, 1.54) is 0 Å². The van der Waals surface area contributed by atoms with Crippen LogP contribution in [-0.2, 0) is 9.53 Å². The lowest BCUT2D eigenvalue weighted by molar-refractivity contribution is -0.158. The Labute approximate surface area is 129 Å². The average Bonchev–Trinajstić information content (AvgIpc) is 2.47. The van der Waals surface area contributed by atoms with Gasteiger partial charge >= 0.3 is 0 Å². The lowest BCUT2D eigenvalue weighted by Crippen LogP contribution is -2.64. The van der Waals surface area contributed by atoms with Gasteiger partial charge in [-0.25, -0.2) is 0 Å². The predicted molar refractivity (Wildman–Crippen MR) is 80.1 cm³/mol. The highest BCUT2D eigenvalue weighted by Crippen LogP contribution is 2.40. The molecule has 1 N–H and O–H groups in total. The van der Waals surface area contributed by atoms with Crippen LogP contribution in [0.4, 0.5) is 0 Å². The monoisotopic (exact) mass is 309 g/mol. The Balaban J connectivity index is 1.62. The normalized spacial score (nSPS) is 21.9. The van der Waals surface area contributed by atoms with Crippen LogP contribution in [0.5, 0.6) is 0 Å². The number of likely N-dealkylation sites (tertiary alicyclic amines) is 1. The number of hydrogen-bond donors (Lipinski definition) is 1. The minimum absolute atomic E-state index is 0.00491. The molecule has 0 aliphatic carbocycles. The van der Waals surface area contributed by atoms with E-state index in [0.717, 1.165) is 44.6 Å². The number of halogens is 1. The Morgan fingerprint density at radius 1 is 1.29 bits per heavy atom. The van der Waals surface area contributed by atoms with Gasteiger partial charge in [0.25, 0.3) is 0 Å². The first kappa shape index (κ1) is 14.8. The molecule has 5 heteroatoms. The van der Waals surface area contributed by atoms with Crippen molar-refractivity contribution in [2.24, 2.45) is 0 Å². The van der Waals surface area contributed by atoms with Gasteiger partial charge in [-0.05, 0) is 37.0 Å². The molecule has 1 aromatic carbocycles. The van der Waals surface area contributed by atoms with Gasteiger partial charge in [0.05, 0.1) is 12.5 Å². The average molecular weight is 310 g/mol. The first-order chi connectivity index (χ1) is 10.1. The SMILES string of the molecule is O=C(CC(O)c1ccc(Cl)cc1)N1CCC12CCOCC2. The minimum Gasteiger partial charge on any atom is -0.388 e. The van der Waals surface area contributed by atoms with E-state index in [1.807, 2.05) is 4.90 Å². The molecule has 2 fully saturated rings. The highest BCUT2D eigenvalue weighted by atomic mass is 35.5. The van der Waals surface area contributed by atoms with Crippen molar-refractivity contribution in [2.75, 3.05) is 19.8 Å². The molecule has 2 saturated heterocycles. The van der Waals surface area contributed by atoms with Crippen LogP contribution in [0.3, 0.4) is 0 Å². The number of nitrogens with zero attached hydrogens (tertiary/aromatic N) is 1. The van der Waals surface area contributed by atoms with Crippen LogP contribution in [0.1, 0.15) is 37.4 Å². The van der Waals surface area contributed by atoms with E-state index >= 15 is 0 Å². The number of rotatable bonds is 3. The number of carbonyl (C=O) groups excluding carboxylic acids is 1. The zero-order chi connectivity index (χ0) is 14.9. The molecule has 2 heterocycles. The largest absolute Gasteiger partial charge is 0.388 e. The molecular formula is C16H20ClNO3. The molecule has 3 rings (SSSR count). The molecule has 0 radical (unpaired) electrons. The van der Waals surface area contributed by atoms with E-state index in [0.29, 0.717) is 5.02 Å². The van der Waals surface area contributed by atoms with Gasteiger partial charge < -0.3 is 14.7 Å². The molecule has 0 saturated carbocycles. The fourth-order valence-corrected chi connectivity index (χ4v) is 3.40. The topological polar surface area (TPSA) is 49.8 Å². The Morgan fingerprint density at radius 2 is 1.95 bits per heavy atom. The lowest BCUT2D eigenvalue weighted by Gasteiger charge is -2.55. The number of hydrogen-bond acceptors (Lipinski definition) is 3. The zero-order valence-corrected chi connectivity index (χ0v) is 12.7. The summed E-state index contributed by atoms with van der Waals surface area (Å²) in [4.78, 5) is 14.4. The number of ether oxygens (including phenoxy) is 1. The molecule has 1 spiro atoms. The van der Waals surface area contributed by atoms with Gasteiger partial charge in [-0.3, -0.25) is 4.79 Å². The van der Waals surface area contributed by atoms with Gasteiger partial charge in [-0.15, -0.1) is 0 Å². The second-order valence-electron chi connectivity index (χ2n) is 5.90. The summed E-state index contributed by atoms with van der Waals surface area (Å²) in [6, 6.07) is 6.99. The Morgan fingerprint density at radius 3 is 2.52 bits per heavy atom. The maximum Gasteiger partial charge on any atom is 0.225 e. The third-order valence-corrected chi connectivity index (χ3v) is 4.97. The van der Waals surface area contributed by atoms with Crippen LogP contribution < -0.4 is 0 Å². The van der Waals surface area contributed by atoms with Crippen LogP contribution in [0.15, 0.2) is 24.3 Å². The van der Waals surface area contributed by atoms with E-state index in [-0.39, 0.29) is 17.9 Å². The Bertz CT molecular complexity index is 511. The van der Waals surface area contributed by atoms with Crippen molar-refractivity contribution in [2.45, 2.75) is 37.3 Å². The van der Waals surface area contributed by atoms with E-state index in [9.17, 15) is 9.90 Å². The van der Waals surface area contributed by atoms with E-state index in [4.69, 9.17) is 16.3 Å². The van der Waals surface area contributed by atoms with Crippen LogP contribution in [-0.4, -0.2) is 41.2 Å². The third-order valence-electron chi connectivity index (χ3n) is 4.72. The fraction of sp³-hybridized carbons (Fsp3) is 0.562. The van der Waals surface area contributed by atoms with Crippen molar-refractivity contribution in [3.05, 3.63) is 34.9 Å². The summed E-state index contributed by atoms with van der Waals surface area (Å²) in [5, 5.41) is 10.8. The van der Waals surface area contributed by atoms with Crippen molar-refractivity contribution < 1.29 is 14.6 Å². The third kappa shape index (κ3) is 2.93. The van der Waals surface area contributed by atoms with Gasteiger partial charge in [0.1, 0.15) is 0 Å². The number of carbonyl (C=O) groups is 1. The van der Waals surface area contributed by atoms with E-state index in [1.54, 1.807) is 24.3 Å². The Kier molecular flexibility index (Phi) is 4.20. The molecule has 4 nitrogen and oxygen atoms in total. The highest BCUT2D eigenvalue weighted by Gasteiger charge is 2.47. The minimum atomic E-state index is -0.771. The summed E-state index contributed by atoms with van der Waals surface area (Å²) < 4.78 is 5.39. The van der Waals surface area contributed by atoms with Crippen molar-refractivity contribution in [3.63, 3.8) is 0 Å². The molecule has 2 aliphatic heterocycles. The van der Waals surface area contributed by atoms with Crippen molar-refractivity contribution >= 4 is 17.5 Å². The molecule has 0 aromatic heterocycles. The van der Waals surface area contributed by atoms with Crippen LogP contribution >= 0.6 is 11.6 Å². The van der Waals surface area contributed by atoms with Crippen molar-refractivity contribution in [1.82, 2.24) is 4.90 Å². The van der Waals surface area contributed by atoms with Crippen LogP contribution in [0.2, 0.25) is 5.02 Å². The summed E-state index contributed by atoms with van der Waals surface area (Å²) in [6.07, 6.45) is 2.24. The Hall–Kier alpha value is -1.10. The number of amides is 1. The standard InChI is InChI=1S/C16H20ClNO3/c17-13-3-1-12(2-4-13)14(19)11-15(20)18-8-5-16(18)6-9-21-10-7-16/h1-4,14,19H,5-11H2. The van der Waals surface area contributed by atoms with Crippen LogP contribution in [0.25, 0.3) is 0 Å². The molecule has 114 valence electrons. The number of aliphatic hydroxyl groups is 1. The van der Waals surface area contributed by atoms with Gasteiger partial charge in [-0.1, -0.05) is 23.7 Å². The molecule has 1 atom stereocenters. The first-order valence-corrected chi connectivity index (χ1v) is 7.80. The zero-order valence-electron chi connectivity index (χ0n) is 11.9.